The summed E-state index contributed by atoms with van der Waals surface area (Å²) < 4.78 is 57.1. The molecule has 3 aromatic heterocycles. The number of halogens is 2. The summed E-state index contributed by atoms with van der Waals surface area (Å²) in [5.74, 6) is -1.26. The maximum absolute atomic E-state index is 15.1. The topological polar surface area (TPSA) is 80.5 Å². The summed E-state index contributed by atoms with van der Waals surface area (Å²) in [7, 11) is -4.87. The molecule has 0 N–H and O–H groups in total. The lowest BCUT2D eigenvalue weighted by Gasteiger charge is -2.36. The molecule has 1 fully saturated rings. The normalized spacial score (nSPS) is 16.7. The number of hydrogen-bond acceptors (Lipinski definition) is 6. The van der Waals surface area contributed by atoms with Crippen LogP contribution in [0.25, 0.3) is 5.65 Å². The molecule has 0 atom stereocenters. The molecule has 0 spiro atoms. The van der Waals surface area contributed by atoms with Gasteiger partial charge in [0.15, 0.2) is 5.65 Å². The lowest BCUT2D eigenvalue weighted by atomic mass is 9.97. The first-order chi connectivity index (χ1) is 12.9. The number of imidazole rings is 1. The molecule has 0 saturated carbocycles. The van der Waals surface area contributed by atoms with Crippen LogP contribution < -0.4 is 4.90 Å². The molecular formula is C17H17F2N5O2S. The number of aromatic nitrogens is 4. The summed E-state index contributed by atoms with van der Waals surface area (Å²) in [6.45, 7) is 0.657. The van der Waals surface area contributed by atoms with Crippen LogP contribution in [0.4, 0.5) is 14.5 Å². The number of sulfone groups is 1. The number of hydrogen-bond donors (Lipinski definition) is 0. The molecule has 0 aliphatic carbocycles. The van der Waals surface area contributed by atoms with Gasteiger partial charge in [0, 0.05) is 37.6 Å². The Bertz CT molecular complexity index is 1050. The van der Waals surface area contributed by atoms with Crippen LogP contribution in [0.2, 0.25) is 0 Å². The third-order valence-corrected chi connectivity index (χ3v) is 6.88. The van der Waals surface area contributed by atoms with Crippen molar-refractivity contribution in [1.29, 1.82) is 0 Å². The van der Waals surface area contributed by atoms with E-state index in [1.54, 1.807) is 18.5 Å². The van der Waals surface area contributed by atoms with Gasteiger partial charge in [-0.2, -0.15) is 19.0 Å². The van der Waals surface area contributed by atoms with Gasteiger partial charge in [-0.15, -0.1) is 0 Å². The van der Waals surface area contributed by atoms with Gasteiger partial charge in [-0.1, -0.05) is 0 Å². The Kier molecular flexibility index (Phi) is 4.29. The second-order valence-corrected chi connectivity index (χ2v) is 8.45. The Morgan fingerprint density at radius 3 is 2.56 bits per heavy atom. The smallest absolute Gasteiger partial charge is 0.353 e. The summed E-state index contributed by atoms with van der Waals surface area (Å²) in [6.07, 6.45) is 7.69. The van der Waals surface area contributed by atoms with Gasteiger partial charge in [0.2, 0.25) is 9.84 Å². The van der Waals surface area contributed by atoms with E-state index in [1.807, 2.05) is 4.90 Å². The number of alkyl halides is 2. The van der Waals surface area contributed by atoms with Gasteiger partial charge < -0.3 is 9.30 Å². The van der Waals surface area contributed by atoms with Crippen molar-refractivity contribution in [3.05, 3.63) is 49.2 Å². The standard InChI is InChI=1S/C17H17F2N5O2S/c18-17(19,13-4-9-23(10-5-13)14-3-6-21-22-12-14)27(25,26)15-2-1-8-24-11-7-20-16(15)24/h1-3,6-8,11-13H,4-5,9-10H2. The zero-order valence-electron chi connectivity index (χ0n) is 14.2. The number of nitrogens with zero attached hydrogens (tertiary/aromatic N) is 5. The van der Waals surface area contributed by atoms with E-state index in [2.05, 4.69) is 15.2 Å². The SMILES string of the molecule is O=S(=O)(c1cccn2ccnc12)C(F)(F)C1CCN(c2ccnnc2)CC1. The zero-order chi connectivity index (χ0) is 19.1. The highest BCUT2D eigenvalue weighted by Gasteiger charge is 2.53. The van der Waals surface area contributed by atoms with E-state index in [1.165, 1.54) is 35.1 Å². The van der Waals surface area contributed by atoms with Crippen LogP contribution in [0.15, 0.2) is 54.1 Å². The van der Waals surface area contributed by atoms with E-state index in [0.29, 0.717) is 13.1 Å². The molecule has 1 saturated heterocycles. The first-order valence-electron chi connectivity index (χ1n) is 8.47. The van der Waals surface area contributed by atoms with Gasteiger partial charge in [0.05, 0.1) is 18.1 Å². The quantitative estimate of drug-likeness (QED) is 0.677. The van der Waals surface area contributed by atoms with Gasteiger partial charge in [-0.3, -0.25) is 0 Å². The van der Waals surface area contributed by atoms with Crippen LogP contribution in [0.5, 0.6) is 0 Å². The molecule has 10 heteroatoms. The minimum Gasteiger partial charge on any atom is -0.370 e. The molecule has 7 nitrogen and oxygen atoms in total. The Morgan fingerprint density at radius 1 is 1.07 bits per heavy atom. The fraction of sp³-hybridized carbons (Fsp3) is 0.353. The molecule has 0 bridgehead atoms. The van der Waals surface area contributed by atoms with Gasteiger partial charge in [-0.25, -0.2) is 13.4 Å². The summed E-state index contributed by atoms with van der Waals surface area (Å²) in [5, 5.41) is 3.61. The fourth-order valence-electron chi connectivity index (χ4n) is 3.44. The Labute approximate surface area is 154 Å². The van der Waals surface area contributed by atoms with Crippen LogP contribution in [0.3, 0.4) is 0 Å². The molecule has 0 aromatic carbocycles. The molecule has 27 heavy (non-hydrogen) atoms. The molecule has 4 rings (SSSR count). The second-order valence-electron chi connectivity index (χ2n) is 6.46. The van der Waals surface area contributed by atoms with E-state index in [-0.39, 0.29) is 18.5 Å². The highest BCUT2D eigenvalue weighted by atomic mass is 32.2. The van der Waals surface area contributed by atoms with E-state index in [9.17, 15) is 8.42 Å². The summed E-state index contributed by atoms with van der Waals surface area (Å²) in [6, 6.07) is 4.36. The van der Waals surface area contributed by atoms with Crippen molar-refractivity contribution in [3.63, 3.8) is 0 Å². The van der Waals surface area contributed by atoms with Crippen LogP contribution >= 0.6 is 0 Å². The Morgan fingerprint density at radius 2 is 1.85 bits per heavy atom. The largest absolute Gasteiger partial charge is 0.370 e. The van der Waals surface area contributed by atoms with Gasteiger partial charge >= 0.3 is 5.25 Å². The third kappa shape index (κ3) is 2.93. The summed E-state index contributed by atoms with van der Waals surface area (Å²) in [5.41, 5.74) is 0.800. The Hall–Kier alpha value is -2.62. The molecule has 4 heterocycles. The highest BCUT2D eigenvalue weighted by Crippen LogP contribution is 2.42. The van der Waals surface area contributed by atoms with Crippen LogP contribution in [-0.4, -0.2) is 46.3 Å². The molecule has 0 radical (unpaired) electrons. The lowest BCUT2D eigenvalue weighted by Crippen LogP contribution is -2.44. The maximum Gasteiger partial charge on any atom is 0.353 e. The van der Waals surface area contributed by atoms with Crippen molar-refractivity contribution in [1.82, 2.24) is 19.6 Å². The van der Waals surface area contributed by atoms with Crippen LogP contribution in [-0.2, 0) is 9.84 Å². The van der Waals surface area contributed by atoms with Crippen molar-refractivity contribution >= 4 is 21.2 Å². The molecule has 142 valence electrons. The number of fused-ring (bicyclic) bond motifs is 1. The maximum atomic E-state index is 15.1. The van der Waals surface area contributed by atoms with Crippen molar-refractivity contribution in [2.24, 2.45) is 5.92 Å². The van der Waals surface area contributed by atoms with E-state index < -0.39 is 25.9 Å². The van der Waals surface area contributed by atoms with Gasteiger partial charge in [0.25, 0.3) is 0 Å². The number of anilines is 1. The predicted octanol–water partition coefficient (Wildman–Crippen LogP) is 2.41. The van der Waals surface area contributed by atoms with Crippen molar-refractivity contribution in [2.75, 3.05) is 18.0 Å². The van der Waals surface area contributed by atoms with Gasteiger partial charge in [-0.05, 0) is 31.0 Å². The first kappa shape index (κ1) is 17.8. The summed E-state index contributed by atoms with van der Waals surface area (Å²) in [4.78, 5) is 5.39. The molecule has 1 aliphatic rings. The van der Waals surface area contributed by atoms with E-state index in [4.69, 9.17) is 0 Å². The summed E-state index contributed by atoms with van der Waals surface area (Å²) >= 11 is 0. The third-order valence-electron chi connectivity index (χ3n) is 4.94. The average molecular weight is 393 g/mol. The minimum atomic E-state index is -4.87. The molecule has 3 aromatic rings. The number of piperidine rings is 1. The zero-order valence-corrected chi connectivity index (χ0v) is 15.1. The number of pyridine rings is 1. The number of rotatable bonds is 4. The van der Waals surface area contributed by atoms with Crippen molar-refractivity contribution in [3.8, 4) is 0 Å². The fourth-order valence-corrected chi connectivity index (χ4v) is 5.07. The van der Waals surface area contributed by atoms with Gasteiger partial charge in [0.1, 0.15) is 4.90 Å². The predicted molar refractivity (Wildman–Crippen MR) is 94.3 cm³/mol. The molecule has 1 aliphatic heterocycles. The monoisotopic (exact) mass is 393 g/mol. The van der Waals surface area contributed by atoms with Crippen molar-refractivity contribution < 1.29 is 17.2 Å². The minimum absolute atomic E-state index is 0.0115. The molecular weight excluding hydrogens is 376 g/mol. The molecule has 0 amide bonds. The van der Waals surface area contributed by atoms with Crippen molar-refractivity contribution in [2.45, 2.75) is 23.0 Å². The van der Waals surface area contributed by atoms with E-state index in [0.717, 1.165) is 5.69 Å². The van der Waals surface area contributed by atoms with Crippen LogP contribution in [0, 0.1) is 5.92 Å². The molecule has 0 unspecified atom stereocenters. The first-order valence-corrected chi connectivity index (χ1v) is 9.95. The average Bonchev–Trinajstić information content (AvgIpc) is 3.17. The second kappa shape index (κ2) is 6.52. The Balaban J connectivity index is 1.59. The lowest BCUT2D eigenvalue weighted by molar-refractivity contribution is 0.0149. The van der Waals surface area contributed by atoms with E-state index >= 15 is 8.78 Å². The highest BCUT2D eigenvalue weighted by molar-refractivity contribution is 7.92. The van der Waals surface area contributed by atoms with Crippen LogP contribution in [0.1, 0.15) is 12.8 Å².